The van der Waals surface area contributed by atoms with E-state index in [0.717, 1.165) is 24.3 Å². The van der Waals surface area contributed by atoms with E-state index in [2.05, 4.69) is 5.32 Å². The van der Waals surface area contributed by atoms with Gasteiger partial charge in [-0.3, -0.25) is 10.1 Å². The number of ether oxygens (including phenoxy) is 1. The molecule has 0 bridgehead atoms. The highest BCUT2D eigenvalue weighted by molar-refractivity contribution is 6.99. The standard InChI is InChI=1S/C47H50F5N3O6Si/c1-28-20-35-34-23-31(48)18-19-38(34)55(42(57)58)41(35)47(53-28,39-36(49)21-29(22-37(39)50)40(56)30-24-54(25-30)43(59)61-44(2,3)4)26-46(51,52)27-60-62(45(5,6)7,32-14-10-8-11-15-32)33-16-12-9-13-17-33/h8-19,21-23,28,30,53H,20,24-27H2,1-7H3,(H,57,58)/t28-,47-/m1/s1. The molecule has 0 spiro atoms. The van der Waals surface area contributed by atoms with Crippen LogP contribution in [-0.2, 0) is 21.1 Å². The van der Waals surface area contributed by atoms with Crippen molar-refractivity contribution in [3.05, 3.63) is 131 Å². The molecule has 3 heterocycles. The topological polar surface area (TPSA) is 110 Å². The number of amides is 1. The number of nitrogens with zero attached hydrogens (tertiary/aromatic N) is 2. The van der Waals surface area contributed by atoms with Crippen LogP contribution in [0.15, 0.2) is 91.0 Å². The molecule has 5 aromatic rings. The molecule has 1 aromatic heterocycles. The molecular formula is C47H50F5N3O6Si. The summed E-state index contributed by atoms with van der Waals surface area (Å²) in [7, 11) is -3.61. The smallest absolute Gasteiger partial charge is 0.416 e. The number of alkyl halides is 2. The third kappa shape index (κ3) is 8.05. The molecule has 2 aliphatic heterocycles. The van der Waals surface area contributed by atoms with Crippen LogP contribution >= 0.6 is 0 Å². The Morgan fingerprint density at radius 2 is 1.42 bits per heavy atom. The highest BCUT2D eigenvalue weighted by Crippen LogP contribution is 2.49. The second kappa shape index (κ2) is 16.1. The van der Waals surface area contributed by atoms with Crippen molar-refractivity contribution in [2.24, 2.45) is 5.92 Å². The number of Topliss-reactive ketones (excluding diaryl/α,β-unsaturated/α-hetero) is 1. The van der Waals surface area contributed by atoms with Crippen molar-refractivity contribution in [1.82, 2.24) is 14.8 Å². The molecule has 1 fully saturated rings. The van der Waals surface area contributed by atoms with E-state index < -0.39 is 108 Å². The third-order valence-corrected chi connectivity index (χ3v) is 16.7. The van der Waals surface area contributed by atoms with E-state index >= 15 is 17.6 Å². The van der Waals surface area contributed by atoms with Crippen LogP contribution in [0.5, 0.6) is 0 Å². The number of likely N-dealkylation sites (tertiary alicyclic amines) is 1. The van der Waals surface area contributed by atoms with E-state index in [-0.39, 0.29) is 36.0 Å². The Bertz CT molecular complexity index is 2470. The number of rotatable bonds is 10. The maximum Gasteiger partial charge on any atom is 0.416 e. The maximum absolute atomic E-state index is 17.5. The average Bonchev–Trinajstić information content (AvgIpc) is 3.47. The molecule has 7 rings (SSSR count). The maximum atomic E-state index is 17.5. The van der Waals surface area contributed by atoms with Crippen molar-refractivity contribution >= 4 is 47.6 Å². The van der Waals surface area contributed by atoms with Gasteiger partial charge in [0, 0.05) is 42.1 Å². The van der Waals surface area contributed by atoms with Crippen LogP contribution in [0, 0.1) is 23.4 Å². The lowest BCUT2D eigenvalue weighted by Crippen LogP contribution is -2.67. The van der Waals surface area contributed by atoms with Gasteiger partial charge in [-0.15, -0.1) is 0 Å². The fourth-order valence-corrected chi connectivity index (χ4v) is 13.9. The Kier molecular flexibility index (Phi) is 11.6. The molecule has 328 valence electrons. The molecule has 0 aliphatic carbocycles. The lowest BCUT2D eigenvalue weighted by Gasteiger charge is -2.46. The first-order chi connectivity index (χ1) is 29.0. The van der Waals surface area contributed by atoms with Gasteiger partial charge >= 0.3 is 12.2 Å². The number of hydrogen-bond donors (Lipinski definition) is 2. The number of ketones is 1. The Morgan fingerprint density at radius 1 is 0.855 bits per heavy atom. The number of nitrogens with one attached hydrogen (secondary N) is 1. The summed E-state index contributed by atoms with van der Waals surface area (Å²) in [5.74, 6) is -8.95. The number of carboxylic acid groups (broad SMARTS) is 1. The predicted molar refractivity (Wildman–Crippen MR) is 228 cm³/mol. The first-order valence-electron chi connectivity index (χ1n) is 20.5. The zero-order chi connectivity index (χ0) is 45.2. The largest absolute Gasteiger partial charge is 0.464 e. The monoisotopic (exact) mass is 875 g/mol. The molecule has 0 unspecified atom stereocenters. The van der Waals surface area contributed by atoms with Crippen LogP contribution in [0.3, 0.4) is 0 Å². The fourth-order valence-electron chi connectivity index (χ4n) is 9.33. The van der Waals surface area contributed by atoms with E-state index in [1.165, 1.54) is 11.0 Å². The van der Waals surface area contributed by atoms with Gasteiger partial charge in [0.1, 0.15) is 23.1 Å². The zero-order valence-corrected chi connectivity index (χ0v) is 36.6. The summed E-state index contributed by atoms with van der Waals surface area (Å²) in [5, 5.41) is 14.5. The molecule has 0 radical (unpaired) electrons. The Hall–Kier alpha value is -5.38. The molecule has 1 amide bonds. The average molecular weight is 876 g/mol. The van der Waals surface area contributed by atoms with E-state index in [9.17, 15) is 23.9 Å². The summed E-state index contributed by atoms with van der Waals surface area (Å²) in [4.78, 5) is 40.7. The van der Waals surface area contributed by atoms with Gasteiger partial charge in [-0.1, -0.05) is 81.4 Å². The number of halogens is 5. The highest BCUT2D eigenvalue weighted by Gasteiger charge is 2.57. The van der Waals surface area contributed by atoms with Gasteiger partial charge in [-0.2, -0.15) is 0 Å². The van der Waals surface area contributed by atoms with Crippen LogP contribution in [0.25, 0.3) is 10.9 Å². The normalized spacial score (nSPS) is 18.6. The number of fused-ring (bicyclic) bond motifs is 3. The number of hydrogen-bond acceptors (Lipinski definition) is 6. The highest BCUT2D eigenvalue weighted by atomic mass is 28.4. The van der Waals surface area contributed by atoms with Crippen LogP contribution < -0.4 is 15.7 Å². The number of carbonyl (C=O) groups excluding carboxylic acids is 2. The van der Waals surface area contributed by atoms with Crippen molar-refractivity contribution < 1.29 is 50.6 Å². The quantitative estimate of drug-likeness (QED) is 0.0819. The number of carbonyl (C=O) groups is 3. The summed E-state index contributed by atoms with van der Waals surface area (Å²) >= 11 is 0. The van der Waals surface area contributed by atoms with Crippen LogP contribution in [-0.4, -0.2) is 78.1 Å². The van der Waals surface area contributed by atoms with Gasteiger partial charge in [0.15, 0.2) is 5.78 Å². The second-order valence-corrected chi connectivity index (χ2v) is 22.8. The molecule has 2 N–H and O–H groups in total. The number of aromatic nitrogens is 1. The van der Waals surface area contributed by atoms with Gasteiger partial charge in [-0.25, -0.2) is 36.1 Å². The van der Waals surface area contributed by atoms with Crippen molar-refractivity contribution in [3.8, 4) is 0 Å². The van der Waals surface area contributed by atoms with Crippen LogP contribution in [0.1, 0.15) is 82.1 Å². The van der Waals surface area contributed by atoms with Gasteiger partial charge in [0.25, 0.3) is 14.2 Å². The molecule has 62 heavy (non-hydrogen) atoms. The van der Waals surface area contributed by atoms with Gasteiger partial charge in [0.2, 0.25) is 0 Å². The van der Waals surface area contributed by atoms with Crippen LogP contribution in [0.2, 0.25) is 5.04 Å². The molecule has 2 aliphatic rings. The van der Waals surface area contributed by atoms with Crippen molar-refractivity contribution in [3.63, 3.8) is 0 Å². The lowest BCUT2D eigenvalue weighted by atomic mass is 9.74. The van der Waals surface area contributed by atoms with Gasteiger partial charge in [0.05, 0.1) is 29.3 Å². The van der Waals surface area contributed by atoms with Crippen molar-refractivity contribution in [2.75, 3.05) is 19.7 Å². The van der Waals surface area contributed by atoms with E-state index in [4.69, 9.17) is 9.16 Å². The molecular weight excluding hydrogens is 826 g/mol. The Morgan fingerprint density at radius 3 is 1.94 bits per heavy atom. The van der Waals surface area contributed by atoms with Gasteiger partial charge < -0.3 is 19.2 Å². The van der Waals surface area contributed by atoms with E-state index in [1.54, 1.807) is 52.0 Å². The minimum Gasteiger partial charge on any atom is -0.464 e. The Balaban J connectivity index is 1.36. The third-order valence-electron chi connectivity index (χ3n) is 11.7. The first-order valence-corrected chi connectivity index (χ1v) is 22.4. The molecule has 4 aromatic carbocycles. The van der Waals surface area contributed by atoms with E-state index in [1.807, 2.05) is 57.2 Å². The summed E-state index contributed by atoms with van der Waals surface area (Å²) in [6.07, 6.45) is -3.71. The SMILES string of the molecule is C[C@@H]1Cc2c(n(C(=O)O)c3ccc(F)cc23)[C@@](CC(F)(F)CO[Si](c2ccccc2)(c2ccccc2)C(C)(C)C)(c2c(F)cc(C(=O)C3CN(C(=O)OC(C)(C)C)C3)cc2F)N1. The summed E-state index contributed by atoms with van der Waals surface area (Å²) in [6, 6.07) is 22.1. The zero-order valence-electron chi connectivity index (χ0n) is 35.6. The summed E-state index contributed by atoms with van der Waals surface area (Å²) in [6.45, 7) is 11.0. The summed E-state index contributed by atoms with van der Waals surface area (Å²) < 4.78 is 96.8. The minimum atomic E-state index is -3.93. The summed E-state index contributed by atoms with van der Waals surface area (Å²) in [5.41, 5.74) is -5.12. The molecule has 2 atom stereocenters. The van der Waals surface area contributed by atoms with Gasteiger partial charge in [-0.05, 0) is 85.4 Å². The fraction of sp³-hybridized carbons (Fsp3) is 0.383. The van der Waals surface area contributed by atoms with Crippen molar-refractivity contribution in [1.29, 1.82) is 0 Å². The molecule has 15 heteroatoms. The first kappa shape index (κ1) is 44.7. The van der Waals surface area contributed by atoms with Crippen LogP contribution in [0.4, 0.5) is 31.5 Å². The van der Waals surface area contributed by atoms with Crippen molar-refractivity contribution in [2.45, 2.75) is 89.5 Å². The van der Waals surface area contributed by atoms with E-state index in [0.29, 0.717) is 14.9 Å². The minimum absolute atomic E-state index is 0.00289. The number of benzene rings is 4. The predicted octanol–water partition coefficient (Wildman–Crippen LogP) is 9.01. The Labute approximate surface area is 358 Å². The molecule has 0 saturated carbocycles. The molecule has 9 nitrogen and oxygen atoms in total. The second-order valence-electron chi connectivity index (χ2n) is 18.5. The lowest BCUT2D eigenvalue weighted by molar-refractivity contribution is -0.0703. The molecule has 1 saturated heterocycles.